The molecule has 0 spiro atoms. The summed E-state index contributed by atoms with van der Waals surface area (Å²) in [5.74, 6) is -0.318. The van der Waals surface area contributed by atoms with Crippen LogP contribution in [0.15, 0.2) is 30.3 Å². The van der Waals surface area contributed by atoms with E-state index in [-0.39, 0.29) is 12.1 Å². The zero-order valence-electron chi connectivity index (χ0n) is 10.4. The van der Waals surface area contributed by atoms with E-state index in [1.807, 2.05) is 30.3 Å². The summed E-state index contributed by atoms with van der Waals surface area (Å²) in [4.78, 5) is 11.7. The van der Waals surface area contributed by atoms with Gasteiger partial charge in [-0.15, -0.1) is 0 Å². The largest absolute Gasteiger partial charge is 0.459 e. The number of aryl methyl sites for hydroxylation is 1. The number of nitrogens with two attached hydrogens (primary N) is 1. The zero-order valence-corrected chi connectivity index (χ0v) is 10.4. The van der Waals surface area contributed by atoms with Gasteiger partial charge in [-0.25, -0.2) is 0 Å². The lowest BCUT2D eigenvalue weighted by atomic mass is 10.1. The summed E-state index contributed by atoms with van der Waals surface area (Å²) in [6, 6.07) is 9.44. The molecule has 0 aliphatic carbocycles. The Bertz CT molecular complexity index is 374. The van der Waals surface area contributed by atoms with Gasteiger partial charge in [0.05, 0.1) is 13.2 Å². The molecule has 0 aromatic heterocycles. The van der Waals surface area contributed by atoms with Gasteiger partial charge in [0, 0.05) is 6.42 Å². The Morgan fingerprint density at radius 1 is 1.44 bits per heavy atom. The van der Waals surface area contributed by atoms with Crippen molar-refractivity contribution in [2.24, 2.45) is 5.73 Å². The summed E-state index contributed by atoms with van der Waals surface area (Å²) < 4.78 is 10.4. The Hall–Kier alpha value is -1.39. The molecule has 4 heteroatoms. The van der Waals surface area contributed by atoms with Crippen LogP contribution in [0.2, 0.25) is 0 Å². The highest BCUT2D eigenvalue weighted by Crippen LogP contribution is 2.10. The second-order valence-electron chi connectivity index (χ2n) is 4.55. The van der Waals surface area contributed by atoms with E-state index in [0.29, 0.717) is 19.6 Å². The molecule has 0 saturated carbocycles. The van der Waals surface area contributed by atoms with Crippen molar-refractivity contribution in [2.45, 2.75) is 31.4 Å². The van der Waals surface area contributed by atoms with Crippen molar-refractivity contribution >= 4 is 5.97 Å². The van der Waals surface area contributed by atoms with Crippen LogP contribution in [0.3, 0.4) is 0 Å². The van der Waals surface area contributed by atoms with Crippen molar-refractivity contribution in [3.8, 4) is 0 Å². The Labute approximate surface area is 107 Å². The van der Waals surface area contributed by atoms with Crippen LogP contribution in [0.5, 0.6) is 0 Å². The summed E-state index contributed by atoms with van der Waals surface area (Å²) >= 11 is 0. The molecule has 1 saturated heterocycles. The monoisotopic (exact) mass is 249 g/mol. The van der Waals surface area contributed by atoms with E-state index < -0.39 is 6.04 Å². The number of rotatable bonds is 5. The number of carbonyl (C=O) groups is 1. The zero-order chi connectivity index (χ0) is 12.8. The van der Waals surface area contributed by atoms with Gasteiger partial charge >= 0.3 is 5.97 Å². The van der Waals surface area contributed by atoms with E-state index >= 15 is 0 Å². The Morgan fingerprint density at radius 3 is 2.89 bits per heavy atom. The first-order chi connectivity index (χ1) is 8.75. The predicted octanol–water partition coefficient (Wildman–Crippen LogP) is 1.28. The minimum Gasteiger partial charge on any atom is -0.459 e. The minimum absolute atomic E-state index is 0.111. The smallest absolute Gasteiger partial charge is 0.323 e. The van der Waals surface area contributed by atoms with Crippen molar-refractivity contribution in [3.63, 3.8) is 0 Å². The minimum atomic E-state index is -0.550. The molecule has 0 bridgehead atoms. The van der Waals surface area contributed by atoms with Crippen LogP contribution in [0, 0.1) is 0 Å². The molecule has 1 heterocycles. The van der Waals surface area contributed by atoms with Gasteiger partial charge in [-0.2, -0.15) is 0 Å². The van der Waals surface area contributed by atoms with Crippen molar-refractivity contribution in [3.05, 3.63) is 35.9 Å². The van der Waals surface area contributed by atoms with E-state index in [1.165, 1.54) is 5.56 Å². The number of benzene rings is 1. The molecule has 2 atom stereocenters. The predicted molar refractivity (Wildman–Crippen MR) is 68.1 cm³/mol. The molecule has 1 aromatic carbocycles. The summed E-state index contributed by atoms with van der Waals surface area (Å²) in [6.07, 6.45) is 2.06. The highest BCUT2D eigenvalue weighted by Gasteiger charge is 2.23. The van der Waals surface area contributed by atoms with Gasteiger partial charge in [-0.05, 0) is 18.4 Å². The van der Waals surface area contributed by atoms with Crippen LogP contribution in [-0.2, 0) is 20.7 Å². The highest BCUT2D eigenvalue weighted by molar-refractivity contribution is 5.75. The summed E-state index contributed by atoms with van der Waals surface area (Å²) in [5.41, 5.74) is 7.01. The SMILES string of the molecule is NC(CCc1ccccc1)C(=O)OC1CCOC1. The van der Waals surface area contributed by atoms with Gasteiger partial charge in [0.2, 0.25) is 0 Å². The number of esters is 1. The maximum absolute atomic E-state index is 11.7. The van der Waals surface area contributed by atoms with Crippen molar-refractivity contribution in [2.75, 3.05) is 13.2 Å². The molecule has 2 N–H and O–H groups in total. The Balaban J connectivity index is 1.73. The fourth-order valence-corrected chi connectivity index (χ4v) is 1.94. The molecule has 0 radical (unpaired) electrons. The molecule has 4 nitrogen and oxygen atoms in total. The van der Waals surface area contributed by atoms with Crippen LogP contribution in [0.4, 0.5) is 0 Å². The quantitative estimate of drug-likeness (QED) is 0.798. The molecule has 0 amide bonds. The van der Waals surface area contributed by atoms with Gasteiger partial charge in [0.15, 0.2) is 0 Å². The number of ether oxygens (including phenoxy) is 2. The molecule has 1 fully saturated rings. The first-order valence-electron chi connectivity index (χ1n) is 6.33. The molecule has 1 aliphatic heterocycles. The van der Waals surface area contributed by atoms with E-state index in [4.69, 9.17) is 15.2 Å². The van der Waals surface area contributed by atoms with Crippen LogP contribution >= 0.6 is 0 Å². The normalized spacial score (nSPS) is 20.6. The number of carbonyl (C=O) groups excluding carboxylic acids is 1. The number of hydrogen-bond acceptors (Lipinski definition) is 4. The van der Waals surface area contributed by atoms with Crippen molar-refractivity contribution in [1.29, 1.82) is 0 Å². The van der Waals surface area contributed by atoms with Crippen LogP contribution < -0.4 is 5.73 Å². The lowest BCUT2D eigenvalue weighted by molar-refractivity contribution is -0.150. The third-order valence-corrected chi connectivity index (χ3v) is 3.06. The Kier molecular flexibility index (Phi) is 4.73. The van der Waals surface area contributed by atoms with Crippen LogP contribution in [0.1, 0.15) is 18.4 Å². The molecule has 2 rings (SSSR count). The fraction of sp³-hybridized carbons (Fsp3) is 0.500. The first kappa shape index (κ1) is 13.1. The third kappa shape index (κ3) is 3.82. The van der Waals surface area contributed by atoms with Gasteiger partial charge in [-0.3, -0.25) is 4.79 Å². The number of hydrogen-bond donors (Lipinski definition) is 1. The van der Waals surface area contributed by atoms with Gasteiger partial charge < -0.3 is 15.2 Å². The third-order valence-electron chi connectivity index (χ3n) is 3.06. The molecular formula is C14H19NO3. The van der Waals surface area contributed by atoms with Crippen LogP contribution in [0.25, 0.3) is 0 Å². The molecule has 1 aliphatic rings. The Morgan fingerprint density at radius 2 is 2.22 bits per heavy atom. The van der Waals surface area contributed by atoms with Gasteiger partial charge in [-0.1, -0.05) is 30.3 Å². The summed E-state index contributed by atoms with van der Waals surface area (Å²) in [6.45, 7) is 1.16. The maximum atomic E-state index is 11.7. The molecule has 2 unspecified atom stereocenters. The standard InChI is InChI=1S/C14H19NO3/c15-13(7-6-11-4-2-1-3-5-11)14(16)18-12-8-9-17-10-12/h1-5,12-13H,6-10,15H2. The first-order valence-corrected chi connectivity index (χ1v) is 6.33. The van der Waals surface area contributed by atoms with E-state index in [2.05, 4.69) is 0 Å². The summed E-state index contributed by atoms with van der Waals surface area (Å²) in [5, 5.41) is 0. The van der Waals surface area contributed by atoms with Gasteiger partial charge in [0.25, 0.3) is 0 Å². The average Bonchev–Trinajstić information content (AvgIpc) is 2.90. The maximum Gasteiger partial charge on any atom is 0.323 e. The lowest BCUT2D eigenvalue weighted by Gasteiger charge is -2.14. The lowest BCUT2D eigenvalue weighted by Crippen LogP contribution is -2.35. The summed E-state index contributed by atoms with van der Waals surface area (Å²) in [7, 11) is 0. The second kappa shape index (κ2) is 6.52. The van der Waals surface area contributed by atoms with E-state index in [0.717, 1.165) is 12.8 Å². The molecule has 98 valence electrons. The van der Waals surface area contributed by atoms with Crippen molar-refractivity contribution in [1.82, 2.24) is 0 Å². The van der Waals surface area contributed by atoms with Gasteiger partial charge in [0.1, 0.15) is 12.1 Å². The average molecular weight is 249 g/mol. The van der Waals surface area contributed by atoms with Crippen molar-refractivity contribution < 1.29 is 14.3 Å². The topological polar surface area (TPSA) is 61.6 Å². The highest BCUT2D eigenvalue weighted by atomic mass is 16.6. The molecule has 18 heavy (non-hydrogen) atoms. The van der Waals surface area contributed by atoms with E-state index in [1.54, 1.807) is 0 Å². The second-order valence-corrected chi connectivity index (χ2v) is 4.55. The van der Waals surface area contributed by atoms with Crippen LogP contribution in [-0.4, -0.2) is 31.3 Å². The fourth-order valence-electron chi connectivity index (χ4n) is 1.94. The molecule has 1 aromatic rings. The molecular weight excluding hydrogens is 230 g/mol. The van der Waals surface area contributed by atoms with E-state index in [9.17, 15) is 4.79 Å².